The van der Waals surface area contributed by atoms with Crippen LogP contribution in [0.15, 0.2) is 42.5 Å². The molecule has 1 amide bonds. The summed E-state index contributed by atoms with van der Waals surface area (Å²) in [6.07, 6.45) is 4.69. The highest BCUT2D eigenvalue weighted by Gasteiger charge is 2.29. The van der Waals surface area contributed by atoms with Gasteiger partial charge in [0.1, 0.15) is 11.4 Å². The minimum Gasteiger partial charge on any atom is -0.496 e. The summed E-state index contributed by atoms with van der Waals surface area (Å²) in [5.74, 6) is 0.819. The van der Waals surface area contributed by atoms with Crippen LogP contribution in [0.4, 0.5) is 10.5 Å². The lowest BCUT2D eigenvalue weighted by Gasteiger charge is -2.36. The highest BCUT2D eigenvalue weighted by Crippen LogP contribution is 2.29. The van der Waals surface area contributed by atoms with Crippen molar-refractivity contribution in [2.45, 2.75) is 70.7 Å². The topological polar surface area (TPSA) is 97.0 Å². The number of carbonyl (C=O) groups excluding carboxylic acids is 1. The number of carbonyl (C=O) groups is 1. The zero-order valence-corrected chi connectivity index (χ0v) is 22.9. The Bertz CT molecular complexity index is 1130. The van der Waals surface area contributed by atoms with E-state index in [-0.39, 0.29) is 12.1 Å². The molecule has 1 saturated carbocycles. The molecule has 0 atom stereocenters. The molecule has 0 bridgehead atoms. The molecular formula is C27H39N3O5S. The Labute approximate surface area is 215 Å². The van der Waals surface area contributed by atoms with Crippen LogP contribution in [0.25, 0.3) is 11.1 Å². The predicted octanol–water partition coefficient (Wildman–Crippen LogP) is 5.00. The van der Waals surface area contributed by atoms with Gasteiger partial charge in [-0.15, -0.1) is 0 Å². The van der Waals surface area contributed by atoms with Crippen LogP contribution in [-0.4, -0.2) is 57.5 Å². The molecule has 0 unspecified atom stereocenters. The first-order valence-corrected chi connectivity index (χ1v) is 14.2. The molecule has 2 N–H and O–H groups in total. The van der Waals surface area contributed by atoms with E-state index in [0.29, 0.717) is 18.3 Å². The molecule has 0 radical (unpaired) electrons. The lowest BCUT2D eigenvalue weighted by atomic mass is 9.90. The Morgan fingerprint density at radius 1 is 1.03 bits per heavy atom. The molecule has 9 heteroatoms. The van der Waals surface area contributed by atoms with E-state index in [4.69, 9.17) is 9.47 Å². The van der Waals surface area contributed by atoms with Gasteiger partial charge in [-0.1, -0.05) is 18.2 Å². The van der Waals surface area contributed by atoms with Gasteiger partial charge in [-0.3, -0.25) is 4.72 Å². The van der Waals surface area contributed by atoms with Crippen LogP contribution in [0.2, 0.25) is 0 Å². The number of ether oxygens (including phenoxy) is 2. The van der Waals surface area contributed by atoms with Gasteiger partial charge < -0.3 is 19.7 Å². The number of sulfonamides is 1. The minimum atomic E-state index is -3.31. The minimum absolute atomic E-state index is 0.191. The Morgan fingerprint density at radius 2 is 1.64 bits per heavy atom. The normalized spacial score (nSPS) is 18.4. The van der Waals surface area contributed by atoms with Crippen LogP contribution in [-0.2, 0) is 21.3 Å². The molecule has 198 valence electrons. The largest absolute Gasteiger partial charge is 0.496 e. The number of nitrogens with zero attached hydrogens (tertiary/aromatic N) is 1. The summed E-state index contributed by atoms with van der Waals surface area (Å²) in [7, 11) is 0.186. The second-order valence-corrected chi connectivity index (χ2v) is 12.2. The molecular weight excluding hydrogens is 478 g/mol. The van der Waals surface area contributed by atoms with Gasteiger partial charge in [0, 0.05) is 36.9 Å². The second-order valence-electron chi connectivity index (χ2n) is 10.5. The van der Waals surface area contributed by atoms with Crippen molar-refractivity contribution in [1.82, 2.24) is 10.2 Å². The maximum absolute atomic E-state index is 12.4. The molecule has 1 fully saturated rings. The van der Waals surface area contributed by atoms with Crippen molar-refractivity contribution in [3.05, 3.63) is 48.0 Å². The van der Waals surface area contributed by atoms with E-state index in [1.807, 2.05) is 52.1 Å². The monoisotopic (exact) mass is 517 g/mol. The Balaban J connectivity index is 1.59. The van der Waals surface area contributed by atoms with Crippen LogP contribution < -0.4 is 14.8 Å². The van der Waals surface area contributed by atoms with E-state index < -0.39 is 15.6 Å². The molecule has 2 aromatic carbocycles. The number of anilines is 1. The zero-order valence-electron chi connectivity index (χ0n) is 22.1. The third kappa shape index (κ3) is 8.13. The average Bonchev–Trinajstić information content (AvgIpc) is 2.81. The molecule has 1 aliphatic rings. The average molecular weight is 518 g/mol. The van der Waals surface area contributed by atoms with Crippen LogP contribution in [0.5, 0.6) is 5.75 Å². The van der Waals surface area contributed by atoms with E-state index >= 15 is 0 Å². The molecule has 2 aromatic rings. The van der Waals surface area contributed by atoms with Crippen molar-refractivity contribution < 1.29 is 22.7 Å². The fourth-order valence-electron chi connectivity index (χ4n) is 4.45. The van der Waals surface area contributed by atoms with E-state index in [9.17, 15) is 13.2 Å². The van der Waals surface area contributed by atoms with E-state index in [1.54, 1.807) is 24.1 Å². The van der Waals surface area contributed by atoms with Crippen molar-refractivity contribution in [2.75, 3.05) is 25.1 Å². The smallest absolute Gasteiger partial charge is 0.410 e. The van der Waals surface area contributed by atoms with Gasteiger partial charge >= 0.3 is 6.09 Å². The predicted molar refractivity (Wildman–Crippen MR) is 144 cm³/mol. The third-order valence-corrected chi connectivity index (χ3v) is 6.92. The first kappa shape index (κ1) is 27.8. The quantitative estimate of drug-likeness (QED) is 0.511. The summed E-state index contributed by atoms with van der Waals surface area (Å²) in [5, 5.41) is 3.66. The number of hydrogen-bond donors (Lipinski definition) is 2. The maximum atomic E-state index is 12.4. The van der Waals surface area contributed by atoms with Gasteiger partial charge in [0.2, 0.25) is 10.0 Å². The molecule has 3 rings (SSSR count). The van der Waals surface area contributed by atoms with Crippen LogP contribution in [0.3, 0.4) is 0 Å². The summed E-state index contributed by atoms with van der Waals surface area (Å²) in [6.45, 7) is 6.32. The highest BCUT2D eigenvalue weighted by molar-refractivity contribution is 7.92. The number of benzene rings is 2. The molecule has 0 heterocycles. The second kappa shape index (κ2) is 11.5. The number of rotatable bonds is 8. The van der Waals surface area contributed by atoms with Crippen LogP contribution >= 0.6 is 0 Å². The lowest BCUT2D eigenvalue weighted by molar-refractivity contribution is 0.0179. The van der Waals surface area contributed by atoms with Gasteiger partial charge in [0.25, 0.3) is 0 Å². The van der Waals surface area contributed by atoms with Crippen molar-refractivity contribution in [1.29, 1.82) is 0 Å². The van der Waals surface area contributed by atoms with Gasteiger partial charge in [-0.25, -0.2) is 13.2 Å². The van der Waals surface area contributed by atoms with Crippen molar-refractivity contribution in [2.24, 2.45) is 0 Å². The van der Waals surface area contributed by atoms with Crippen molar-refractivity contribution in [3.63, 3.8) is 0 Å². The zero-order chi connectivity index (χ0) is 26.5. The third-order valence-electron chi connectivity index (χ3n) is 6.31. The molecule has 36 heavy (non-hydrogen) atoms. The van der Waals surface area contributed by atoms with Gasteiger partial charge in [0.05, 0.1) is 13.4 Å². The summed E-state index contributed by atoms with van der Waals surface area (Å²) < 4.78 is 36.5. The van der Waals surface area contributed by atoms with E-state index in [1.165, 1.54) is 0 Å². The van der Waals surface area contributed by atoms with Crippen LogP contribution in [0.1, 0.15) is 52.0 Å². The Morgan fingerprint density at radius 3 is 2.19 bits per heavy atom. The Kier molecular flexibility index (Phi) is 8.89. The highest BCUT2D eigenvalue weighted by atomic mass is 32.2. The van der Waals surface area contributed by atoms with Gasteiger partial charge in [-0.05, 0) is 81.8 Å². The van der Waals surface area contributed by atoms with E-state index in [2.05, 4.69) is 16.1 Å². The first-order chi connectivity index (χ1) is 16.8. The summed E-state index contributed by atoms with van der Waals surface area (Å²) in [6, 6.07) is 13.9. The number of nitrogens with one attached hydrogen (secondary N) is 2. The standard InChI is InChI=1S/C27H39N3O5S/c1-27(2,3)35-26(31)30(4)24-14-12-22(13-15-24)28-18-21-17-20(9-16-25(21)34-5)19-7-10-23(11-8-19)29-36(6,32)33/h7-11,16-17,22,24,28-29H,12-15,18H2,1-6H3. The molecule has 1 aliphatic carbocycles. The van der Waals surface area contributed by atoms with Crippen LogP contribution in [0, 0.1) is 0 Å². The number of methoxy groups -OCH3 is 1. The van der Waals surface area contributed by atoms with Crippen molar-refractivity contribution in [3.8, 4) is 16.9 Å². The number of hydrogen-bond acceptors (Lipinski definition) is 6. The van der Waals surface area contributed by atoms with E-state index in [0.717, 1.165) is 54.4 Å². The molecule has 0 aromatic heterocycles. The van der Waals surface area contributed by atoms with Gasteiger partial charge in [0.15, 0.2) is 0 Å². The molecule has 0 aliphatic heterocycles. The summed E-state index contributed by atoms with van der Waals surface area (Å²) in [4.78, 5) is 14.1. The van der Waals surface area contributed by atoms with Gasteiger partial charge in [-0.2, -0.15) is 0 Å². The number of amides is 1. The fraction of sp³-hybridized carbons (Fsp3) is 0.519. The molecule has 0 saturated heterocycles. The first-order valence-electron chi connectivity index (χ1n) is 12.3. The van der Waals surface area contributed by atoms with Crippen molar-refractivity contribution >= 4 is 21.8 Å². The summed E-state index contributed by atoms with van der Waals surface area (Å²) >= 11 is 0. The Hall–Kier alpha value is -2.78. The lowest BCUT2D eigenvalue weighted by Crippen LogP contribution is -2.44. The maximum Gasteiger partial charge on any atom is 0.410 e. The summed E-state index contributed by atoms with van der Waals surface area (Å²) in [5.41, 5.74) is 3.11. The molecule has 8 nitrogen and oxygen atoms in total. The molecule has 0 spiro atoms. The SMILES string of the molecule is COc1ccc(-c2ccc(NS(C)(=O)=O)cc2)cc1CNC1CCC(N(C)C(=O)OC(C)(C)C)CC1. The fourth-order valence-corrected chi connectivity index (χ4v) is 5.01.